The highest BCUT2D eigenvalue weighted by Crippen LogP contribution is 2.16. The van der Waals surface area contributed by atoms with Gasteiger partial charge in [-0.2, -0.15) is 0 Å². The Labute approximate surface area is 79.4 Å². The summed E-state index contributed by atoms with van der Waals surface area (Å²) in [5, 5.41) is 0. The molecule has 1 aromatic heterocycles. The summed E-state index contributed by atoms with van der Waals surface area (Å²) in [7, 11) is 2.21. The molecule has 3 nitrogen and oxygen atoms in total. The smallest absolute Gasteiger partial charge is 0.0946 e. The van der Waals surface area contributed by atoms with Crippen molar-refractivity contribution in [1.82, 2.24) is 14.5 Å². The molecule has 3 heteroatoms. The van der Waals surface area contributed by atoms with E-state index in [1.54, 1.807) is 0 Å². The van der Waals surface area contributed by atoms with Gasteiger partial charge in [0.25, 0.3) is 0 Å². The largest absolute Gasteiger partial charge is 0.337 e. The Kier molecular flexibility index (Phi) is 2.64. The summed E-state index contributed by atoms with van der Waals surface area (Å²) >= 11 is 0. The number of aromatic nitrogens is 2. The van der Waals surface area contributed by atoms with Crippen molar-refractivity contribution >= 4 is 0 Å². The van der Waals surface area contributed by atoms with E-state index in [2.05, 4.69) is 27.7 Å². The first kappa shape index (κ1) is 8.75. The Balaban J connectivity index is 1.87. The SMILES string of the molecule is CN1CCCC(Cn2ccnc2)C1. The lowest BCUT2D eigenvalue weighted by Gasteiger charge is -2.29. The van der Waals surface area contributed by atoms with Gasteiger partial charge < -0.3 is 9.47 Å². The highest BCUT2D eigenvalue weighted by Gasteiger charge is 2.16. The van der Waals surface area contributed by atoms with Crippen molar-refractivity contribution in [3.63, 3.8) is 0 Å². The Hall–Kier alpha value is -0.830. The fraction of sp³-hybridized carbons (Fsp3) is 0.700. The molecule has 1 fully saturated rings. The van der Waals surface area contributed by atoms with E-state index in [9.17, 15) is 0 Å². The predicted molar refractivity (Wildman–Crippen MR) is 52.4 cm³/mol. The molecule has 0 aromatic carbocycles. The number of piperidine rings is 1. The maximum Gasteiger partial charge on any atom is 0.0946 e. The molecule has 2 heterocycles. The number of nitrogens with zero attached hydrogens (tertiary/aromatic N) is 3. The molecule has 0 N–H and O–H groups in total. The Morgan fingerprint density at radius 1 is 1.54 bits per heavy atom. The van der Waals surface area contributed by atoms with Gasteiger partial charge in [-0.15, -0.1) is 0 Å². The van der Waals surface area contributed by atoms with Crippen LogP contribution in [0.4, 0.5) is 0 Å². The second-order valence-corrected chi connectivity index (χ2v) is 4.03. The zero-order chi connectivity index (χ0) is 9.10. The van der Waals surface area contributed by atoms with Crippen LogP contribution in [0.15, 0.2) is 18.7 Å². The van der Waals surface area contributed by atoms with Crippen molar-refractivity contribution in [2.45, 2.75) is 19.4 Å². The minimum atomic E-state index is 0.813. The van der Waals surface area contributed by atoms with E-state index in [0.29, 0.717) is 0 Å². The standard InChI is InChI=1S/C10H17N3/c1-12-5-2-3-10(7-12)8-13-6-4-11-9-13/h4,6,9-10H,2-3,5,7-8H2,1H3. The van der Waals surface area contributed by atoms with E-state index >= 15 is 0 Å². The van der Waals surface area contributed by atoms with Gasteiger partial charge in [0.2, 0.25) is 0 Å². The molecule has 0 spiro atoms. The van der Waals surface area contributed by atoms with Gasteiger partial charge in [0.05, 0.1) is 6.33 Å². The van der Waals surface area contributed by atoms with Crippen molar-refractivity contribution in [2.24, 2.45) is 5.92 Å². The van der Waals surface area contributed by atoms with Crippen LogP contribution in [0.1, 0.15) is 12.8 Å². The summed E-state index contributed by atoms with van der Waals surface area (Å²) in [6, 6.07) is 0. The number of hydrogen-bond donors (Lipinski definition) is 0. The lowest BCUT2D eigenvalue weighted by molar-refractivity contribution is 0.194. The summed E-state index contributed by atoms with van der Waals surface area (Å²) < 4.78 is 2.18. The highest BCUT2D eigenvalue weighted by atomic mass is 15.1. The van der Waals surface area contributed by atoms with Crippen molar-refractivity contribution in [3.05, 3.63) is 18.7 Å². The minimum Gasteiger partial charge on any atom is -0.337 e. The molecule has 72 valence electrons. The Bertz CT molecular complexity index is 243. The molecule has 2 rings (SSSR count). The molecule has 1 atom stereocenters. The van der Waals surface area contributed by atoms with Gasteiger partial charge in [-0.25, -0.2) is 4.98 Å². The fourth-order valence-electron chi connectivity index (χ4n) is 2.12. The summed E-state index contributed by atoms with van der Waals surface area (Å²) in [6.07, 6.45) is 8.52. The maximum atomic E-state index is 4.06. The van der Waals surface area contributed by atoms with Crippen LogP contribution in [0.3, 0.4) is 0 Å². The van der Waals surface area contributed by atoms with Gasteiger partial charge in [-0.3, -0.25) is 0 Å². The van der Waals surface area contributed by atoms with E-state index in [1.807, 2.05) is 12.5 Å². The van der Waals surface area contributed by atoms with E-state index in [1.165, 1.54) is 25.9 Å². The van der Waals surface area contributed by atoms with Crippen LogP contribution in [0.25, 0.3) is 0 Å². The zero-order valence-electron chi connectivity index (χ0n) is 8.19. The van der Waals surface area contributed by atoms with Gasteiger partial charge in [0.15, 0.2) is 0 Å². The molecule has 1 aliphatic heterocycles. The van der Waals surface area contributed by atoms with Crippen LogP contribution >= 0.6 is 0 Å². The van der Waals surface area contributed by atoms with Crippen LogP contribution in [-0.4, -0.2) is 34.6 Å². The van der Waals surface area contributed by atoms with Crippen LogP contribution in [0, 0.1) is 5.92 Å². The van der Waals surface area contributed by atoms with Crippen molar-refractivity contribution in [3.8, 4) is 0 Å². The molecule has 1 aromatic rings. The highest BCUT2D eigenvalue weighted by molar-refractivity contribution is 4.78. The summed E-state index contributed by atoms with van der Waals surface area (Å²) in [5.74, 6) is 0.813. The normalized spacial score (nSPS) is 24.8. The second kappa shape index (κ2) is 3.92. The first-order valence-corrected chi connectivity index (χ1v) is 4.99. The third kappa shape index (κ3) is 2.31. The first-order valence-electron chi connectivity index (χ1n) is 4.99. The number of hydrogen-bond acceptors (Lipinski definition) is 2. The molecule has 0 aliphatic carbocycles. The monoisotopic (exact) mass is 179 g/mol. The molecule has 1 aliphatic rings. The molecule has 1 saturated heterocycles. The Morgan fingerprint density at radius 3 is 3.15 bits per heavy atom. The van der Waals surface area contributed by atoms with Crippen LogP contribution < -0.4 is 0 Å². The molecule has 0 bridgehead atoms. The number of likely N-dealkylation sites (tertiary alicyclic amines) is 1. The van der Waals surface area contributed by atoms with Crippen LogP contribution in [0.5, 0.6) is 0 Å². The average Bonchev–Trinajstić information content (AvgIpc) is 2.57. The molecule has 1 unspecified atom stereocenters. The number of imidazole rings is 1. The van der Waals surface area contributed by atoms with Crippen molar-refractivity contribution < 1.29 is 0 Å². The molecular formula is C10H17N3. The van der Waals surface area contributed by atoms with Crippen LogP contribution in [0.2, 0.25) is 0 Å². The third-order valence-electron chi connectivity index (χ3n) is 2.75. The van der Waals surface area contributed by atoms with Gasteiger partial charge >= 0.3 is 0 Å². The van der Waals surface area contributed by atoms with Crippen LogP contribution in [-0.2, 0) is 6.54 Å². The topological polar surface area (TPSA) is 21.1 Å². The maximum absolute atomic E-state index is 4.06. The summed E-state index contributed by atoms with van der Waals surface area (Å²) in [4.78, 5) is 6.48. The molecular weight excluding hydrogens is 162 g/mol. The predicted octanol–water partition coefficient (Wildman–Crippen LogP) is 1.22. The van der Waals surface area contributed by atoms with E-state index < -0.39 is 0 Å². The number of rotatable bonds is 2. The molecule has 0 saturated carbocycles. The van der Waals surface area contributed by atoms with Gasteiger partial charge in [-0.1, -0.05) is 0 Å². The fourth-order valence-corrected chi connectivity index (χ4v) is 2.12. The molecule has 0 amide bonds. The van der Waals surface area contributed by atoms with E-state index in [4.69, 9.17) is 0 Å². The first-order chi connectivity index (χ1) is 6.34. The van der Waals surface area contributed by atoms with Crippen molar-refractivity contribution in [2.75, 3.05) is 20.1 Å². The summed E-state index contributed by atoms with van der Waals surface area (Å²) in [6.45, 7) is 3.63. The molecule has 0 radical (unpaired) electrons. The van der Waals surface area contributed by atoms with Gasteiger partial charge in [0, 0.05) is 25.5 Å². The quantitative estimate of drug-likeness (QED) is 0.680. The van der Waals surface area contributed by atoms with E-state index in [-0.39, 0.29) is 0 Å². The Morgan fingerprint density at radius 2 is 2.46 bits per heavy atom. The van der Waals surface area contributed by atoms with E-state index in [0.717, 1.165) is 12.5 Å². The lowest BCUT2D eigenvalue weighted by atomic mass is 9.98. The average molecular weight is 179 g/mol. The minimum absolute atomic E-state index is 0.813. The van der Waals surface area contributed by atoms with Gasteiger partial charge in [0.1, 0.15) is 0 Å². The third-order valence-corrected chi connectivity index (χ3v) is 2.75. The van der Waals surface area contributed by atoms with Crippen molar-refractivity contribution in [1.29, 1.82) is 0 Å². The molecule has 13 heavy (non-hydrogen) atoms. The second-order valence-electron chi connectivity index (χ2n) is 4.03. The summed E-state index contributed by atoms with van der Waals surface area (Å²) in [5.41, 5.74) is 0. The van der Waals surface area contributed by atoms with Gasteiger partial charge in [-0.05, 0) is 32.4 Å². The lowest BCUT2D eigenvalue weighted by Crippen LogP contribution is -2.33. The zero-order valence-corrected chi connectivity index (χ0v) is 8.19.